The summed E-state index contributed by atoms with van der Waals surface area (Å²) >= 11 is 0. The average Bonchev–Trinajstić information content (AvgIpc) is 3.34. The number of carbonyl (C=O) groups excluding carboxylic acids is 3. The molecule has 0 aliphatic carbocycles. The van der Waals surface area contributed by atoms with Crippen molar-refractivity contribution in [3.63, 3.8) is 0 Å². The lowest BCUT2D eigenvalue weighted by molar-refractivity contribution is -0.154. The van der Waals surface area contributed by atoms with Crippen molar-refractivity contribution in [2.75, 3.05) is 28.6 Å². The van der Waals surface area contributed by atoms with Crippen molar-refractivity contribution in [1.82, 2.24) is 9.78 Å². The summed E-state index contributed by atoms with van der Waals surface area (Å²) in [6, 6.07) is 14.6. The lowest BCUT2D eigenvalue weighted by atomic mass is 10.1. The van der Waals surface area contributed by atoms with Gasteiger partial charge in [0, 0.05) is 29.7 Å². The molecule has 1 aliphatic heterocycles. The van der Waals surface area contributed by atoms with Gasteiger partial charge in [-0.05, 0) is 88.1 Å². The number of fused-ring (bicyclic) bond motifs is 1. The summed E-state index contributed by atoms with van der Waals surface area (Å²) in [7, 11) is 0. The first-order valence-electron chi connectivity index (χ1n) is 15.2. The molecule has 13 heteroatoms. The van der Waals surface area contributed by atoms with Gasteiger partial charge in [0.05, 0.1) is 23.3 Å². The maximum absolute atomic E-state index is 14.1. The van der Waals surface area contributed by atoms with Crippen LogP contribution in [0.4, 0.5) is 34.6 Å². The first-order chi connectivity index (χ1) is 22.2. The predicted molar refractivity (Wildman–Crippen MR) is 170 cm³/mol. The van der Waals surface area contributed by atoms with E-state index in [1.54, 1.807) is 45.0 Å². The summed E-state index contributed by atoms with van der Waals surface area (Å²) in [4.78, 5) is 41.8. The van der Waals surface area contributed by atoms with Gasteiger partial charge in [-0.25, -0.2) is 9.07 Å². The fraction of sp³-hybridized carbons (Fsp3) is 0.353. The summed E-state index contributed by atoms with van der Waals surface area (Å²) in [5.74, 6) is -2.64. The van der Waals surface area contributed by atoms with E-state index in [0.29, 0.717) is 23.5 Å². The number of hydrogen-bond donors (Lipinski definition) is 2. The maximum Gasteiger partial charge on any atom is 0.408 e. The Kier molecular flexibility index (Phi) is 9.55. The van der Waals surface area contributed by atoms with Crippen molar-refractivity contribution in [2.24, 2.45) is 0 Å². The van der Waals surface area contributed by atoms with Gasteiger partial charge < -0.3 is 20.3 Å². The molecule has 0 spiro atoms. The van der Waals surface area contributed by atoms with E-state index < -0.39 is 41.9 Å². The van der Waals surface area contributed by atoms with Crippen LogP contribution in [0.15, 0.2) is 60.7 Å². The summed E-state index contributed by atoms with van der Waals surface area (Å²) in [6.07, 6.45) is -2.08. The average molecular weight is 654 g/mol. The number of hydrogen-bond acceptors (Lipinski definition) is 6. The van der Waals surface area contributed by atoms with Crippen LogP contribution in [0.2, 0.25) is 0 Å². The third kappa shape index (κ3) is 8.46. The summed E-state index contributed by atoms with van der Waals surface area (Å²) in [5, 5.41) is 9.73. The molecule has 4 aromatic rings. The molecule has 3 aromatic carbocycles. The Morgan fingerprint density at radius 2 is 1.57 bits per heavy atom. The van der Waals surface area contributed by atoms with Crippen LogP contribution in [0.1, 0.15) is 66.4 Å². The largest absolute Gasteiger partial charge is 0.460 e. The zero-order chi connectivity index (χ0) is 33.9. The zero-order valence-corrected chi connectivity index (χ0v) is 26.2. The highest BCUT2D eigenvalue weighted by molar-refractivity contribution is 6.13. The minimum absolute atomic E-state index is 0.113. The molecule has 2 heterocycles. The van der Waals surface area contributed by atoms with Crippen LogP contribution in [0, 0.1) is 5.82 Å². The highest BCUT2D eigenvalue weighted by Crippen LogP contribution is 2.32. The first kappa shape index (κ1) is 33.4. The van der Waals surface area contributed by atoms with Crippen molar-refractivity contribution >= 4 is 45.7 Å². The molecule has 0 bridgehead atoms. The van der Waals surface area contributed by atoms with Crippen LogP contribution in [0.3, 0.4) is 0 Å². The molecule has 1 fully saturated rings. The first-order valence-corrected chi connectivity index (χ1v) is 15.2. The van der Waals surface area contributed by atoms with Crippen LogP contribution in [0.5, 0.6) is 0 Å². The Bertz CT molecular complexity index is 1810. The Labute approximate surface area is 268 Å². The molecule has 1 aromatic heterocycles. The molecule has 1 saturated heterocycles. The number of piperidine rings is 1. The van der Waals surface area contributed by atoms with Gasteiger partial charge in [0.1, 0.15) is 23.7 Å². The number of nitrogens with one attached hydrogen (secondary N) is 2. The van der Waals surface area contributed by atoms with E-state index >= 15 is 0 Å². The number of alkyl halides is 3. The van der Waals surface area contributed by atoms with E-state index in [-0.39, 0.29) is 45.5 Å². The molecule has 1 aliphatic rings. The Balaban J connectivity index is 1.47. The zero-order valence-electron chi connectivity index (χ0n) is 26.2. The number of rotatable bonds is 8. The number of benzene rings is 3. The fourth-order valence-electron chi connectivity index (χ4n) is 5.53. The van der Waals surface area contributed by atoms with Gasteiger partial charge in [-0.3, -0.25) is 14.4 Å². The molecular formula is C34H35F4N5O4. The Hall–Kier alpha value is -4.94. The molecule has 248 valence electrons. The predicted octanol–water partition coefficient (Wildman–Crippen LogP) is 7.12. The molecule has 5 rings (SSSR count). The van der Waals surface area contributed by atoms with Crippen LogP contribution in [-0.2, 0) is 22.5 Å². The molecular weight excluding hydrogens is 618 g/mol. The van der Waals surface area contributed by atoms with Crippen molar-refractivity contribution in [3.05, 3.63) is 83.3 Å². The smallest absolute Gasteiger partial charge is 0.408 e. The number of esters is 1. The Morgan fingerprint density at radius 1 is 0.872 bits per heavy atom. The van der Waals surface area contributed by atoms with Crippen molar-refractivity contribution in [1.29, 1.82) is 0 Å². The fourth-order valence-corrected chi connectivity index (χ4v) is 5.53. The normalized spacial score (nSPS) is 13.8. The van der Waals surface area contributed by atoms with Crippen molar-refractivity contribution < 1.29 is 36.7 Å². The topological polar surface area (TPSA) is 106 Å². The van der Waals surface area contributed by atoms with Crippen LogP contribution < -0.4 is 15.5 Å². The summed E-state index contributed by atoms with van der Waals surface area (Å²) in [6.45, 7) is 5.02. The van der Waals surface area contributed by atoms with Gasteiger partial charge in [-0.1, -0.05) is 18.2 Å². The van der Waals surface area contributed by atoms with E-state index in [2.05, 4.69) is 15.7 Å². The lowest BCUT2D eigenvalue weighted by Crippen LogP contribution is -2.31. The second-order valence-electron chi connectivity index (χ2n) is 12.4. The van der Waals surface area contributed by atoms with Gasteiger partial charge in [0.15, 0.2) is 0 Å². The lowest BCUT2D eigenvalue weighted by Gasteiger charge is -2.31. The highest BCUT2D eigenvalue weighted by Gasteiger charge is 2.32. The molecule has 0 atom stereocenters. The highest BCUT2D eigenvalue weighted by atomic mass is 19.4. The van der Waals surface area contributed by atoms with E-state index in [1.807, 2.05) is 4.90 Å². The summed E-state index contributed by atoms with van der Waals surface area (Å²) < 4.78 is 60.5. The third-order valence-electron chi connectivity index (χ3n) is 7.46. The van der Waals surface area contributed by atoms with Gasteiger partial charge >= 0.3 is 12.1 Å². The second kappa shape index (κ2) is 13.4. The van der Waals surface area contributed by atoms with Crippen molar-refractivity contribution in [3.8, 4) is 0 Å². The van der Waals surface area contributed by atoms with Crippen LogP contribution >= 0.6 is 0 Å². The SMILES string of the molecule is CC(C)(C)OC(=O)Cc1cc(F)ccc1NC(=O)c1ccc(N2CCCCC2)c(NC(=O)c2c3ccccc3nn2CC(F)(F)F)c1. The number of halogens is 4. The molecule has 9 nitrogen and oxygen atoms in total. The molecule has 0 unspecified atom stereocenters. The Morgan fingerprint density at radius 3 is 2.28 bits per heavy atom. The number of carbonyl (C=O) groups is 3. The van der Waals surface area contributed by atoms with Gasteiger partial charge in [-0.2, -0.15) is 18.3 Å². The monoisotopic (exact) mass is 653 g/mol. The van der Waals surface area contributed by atoms with E-state index in [0.717, 1.165) is 31.4 Å². The van der Waals surface area contributed by atoms with Gasteiger partial charge in [0.25, 0.3) is 11.8 Å². The van der Waals surface area contributed by atoms with E-state index in [4.69, 9.17) is 4.74 Å². The van der Waals surface area contributed by atoms with Crippen molar-refractivity contribution in [2.45, 2.75) is 64.8 Å². The third-order valence-corrected chi connectivity index (χ3v) is 7.46. The number of ether oxygens (including phenoxy) is 1. The van der Waals surface area contributed by atoms with Crippen LogP contribution in [0.25, 0.3) is 10.9 Å². The van der Waals surface area contributed by atoms with Crippen LogP contribution in [-0.4, -0.2) is 52.4 Å². The number of aromatic nitrogens is 2. The van der Waals surface area contributed by atoms with E-state index in [1.165, 1.54) is 24.3 Å². The molecule has 2 N–H and O–H groups in total. The molecule has 0 radical (unpaired) electrons. The minimum atomic E-state index is -4.63. The van der Waals surface area contributed by atoms with Gasteiger partial charge in [0.2, 0.25) is 0 Å². The standard InChI is InChI=1S/C34H35F4N5O4/c1-33(2,3)47-29(44)19-22-17-23(35)12-13-25(22)39-31(45)21-11-14-28(42-15-7-4-8-16-42)27(18-21)40-32(46)30-24-9-5-6-10-26(24)41-43(30)20-34(36,37)38/h5-6,9-14,17-18H,4,7-8,15-16,19-20H2,1-3H3,(H,39,45)(H,40,46). The molecule has 2 amide bonds. The maximum atomic E-state index is 14.1. The second-order valence-corrected chi connectivity index (χ2v) is 12.4. The number of anilines is 3. The molecule has 47 heavy (non-hydrogen) atoms. The van der Waals surface area contributed by atoms with E-state index in [9.17, 15) is 31.9 Å². The summed E-state index contributed by atoms with van der Waals surface area (Å²) in [5.41, 5.74) is 0.535. The molecule has 0 saturated carbocycles. The quantitative estimate of drug-likeness (QED) is 0.155. The minimum Gasteiger partial charge on any atom is -0.460 e. The number of nitrogens with zero attached hydrogens (tertiary/aromatic N) is 3. The van der Waals surface area contributed by atoms with Gasteiger partial charge in [-0.15, -0.1) is 0 Å². The number of amides is 2.